The second-order valence-electron chi connectivity index (χ2n) is 4.91. The second kappa shape index (κ2) is 11.4. The molecule has 0 aliphatic heterocycles. The van der Waals surface area contributed by atoms with Crippen molar-refractivity contribution in [1.29, 1.82) is 0 Å². The molecule has 0 saturated carbocycles. The van der Waals surface area contributed by atoms with E-state index in [2.05, 4.69) is 12.2 Å². The van der Waals surface area contributed by atoms with Crippen LogP contribution in [0.5, 0.6) is 0 Å². The summed E-state index contributed by atoms with van der Waals surface area (Å²) in [5, 5.41) is 2.97. The summed E-state index contributed by atoms with van der Waals surface area (Å²) >= 11 is 0. The van der Waals surface area contributed by atoms with Crippen molar-refractivity contribution in [3.05, 3.63) is 0 Å². The molecule has 0 aliphatic carbocycles. The lowest BCUT2D eigenvalue weighted by molar-refractivity contribution is -0.120. The molecule has 0 atom stereocenters. The number of rotatable bonds is 12. The van der Waals surface area contributed by atoms with Crippen LogP contribution in [0, 0.1) is 0 Å². The Morgan fingerprint density at radius 1 is 1.05 bits per heavy atom. The van der Waals surface area contributed by atoms with Crippen LogP contribution in [0.25, 0.3) is 0 Å². The van der Waals surface area contributed by atoms with Crippen LogP contribution < -0.4 is 5.32 Å². The highest BCUT2D eigenvalue weighted by Gasteiger charge is 2.31. The fourth-order valence-corrected chi connectivity index (χ4v) is 4.28. The maximum absolute atomic E-state index is 11.7. The van der Waals surface area contributed by atoms with Crippen molar-refractivity contribution < 1.29 is 13.6 Å². The predicted octanol–water partition coefficient (Wildman–Crippen LogP) is 3.22. The van der Waals surface area contributed by atoms with E-state index < -0.39 is 8.56 Å². The zero-order valence-corrected chi connectivity index (χ0v) is 14.1. The highest BCUT2D eigenvalue weighted by Crippen LogP contribution is 2.15. The minimum absolute atomic E-state index is 0.120. The summed E-state index contributed by atoms with van der Waals surface area (Å²) in [6.07, 6.45) is 5.25. The van der Waals surface area contributed by atoms with Crippen LogP contribution in [-0.4, -0.2) is 34.2 Å². The van der Waals surface area contributed by atoms with Crippen LogP contribution in [0.2, 0.25) is 12.6 Å². The molecule has 19 heavy (non-hydrogen) atoms. The Bertz CT molecular complexity index is 231. The van der Waals surface area contributed by atoms with Gasteiger partial charge < -0.3 is 14.2 Å². The van der Waals surface area contributed by atoms with Gasteiger partial charge in [-0.1, -0.05) is 26.2 Å². The predicted molar refractivity (Wildman–Crippen MR) is 81.4 cm³/mol. The van der Waals surface area contributed by atoms with Gasteiger partial charge in [-0.25, -0.2) is 0 Å². The largest absolute Gasteiger partial charge is 0.395 e. The lowest BCUT2D eigenvalue weighted by Gasteiger charge is -2.25. The van der Waals surface area contributed by atoms with Crippen LogP contribution in [0.1, 0.15) is 52.9 Å². The fourth-order valence-electron chi connectivity index (χ4n) is 2.01. The van der Waals surface area contributed by atoms with E-state index in [4.69, 9.17) is 8.85 Å². The van der Waals surface area contributed by atoms with E-state index in [1.165, 1.54) is 19.3 Å². The minimum Gasteiger partial charge on any atom is -0.395 e. The van der Waals surface area contributed by atoms with Crippen molar-refractivity contribution in [2.75, 3.05) is 19.8 Å². The van der Waals surface area contributed by atoms with Crippen molar-refractivity contribution in [2.45, 2.75) is 65.5 Å². The van der Waals surface area contributed by atoms with E-state index in [0.29, 0.717) is 19.6 Å². The summed E-state index contributed by atoms with van der Waals surface area (Å²) in [5.41, 5.74) is 0. The van der Waals surface area contributed by atoms with Crippen molar-refractivity contribution in [2.24, 2.45) is 0 Å². The molecular weight excluding hydrogens is 258 g/mol. The van der Waals surface area contributed by atoms with Gasteiger partial charge in [0.2, 0.25) is 5.91 Å². The van der Waals surface area contributed by atoms with Gasteiger partial charge in [0.05, 0.1) is 0 Å². The molecule has 0 bridgehead atoms. The molecule has 0 aromatic carbocycles. The Hall–Kier alpha value is -0.393. The Kier molecular flexibility index (Phi) is 11.2. The molecular formula is C14H31NO3Si. The maximum Gasteiger partial charge on any atom is 0.335 e. The summed E-state index contributed by atoms with van der Waals surface area (Å²) in [7, 11) is -2.13. The van der Waals surface area contributed by atoms with Gasteiger partial charge in [0.15, 0.2) is 0 Å². The molecule has 4 nitrogen and oxygen atoms in total. The Balaban J connectivity index is 3.79. The quantitative estimate of drug-likeness (QED) is 0.443. The Morgan fingerprint density at radius 2 is 1.68 bits per heavy atom. The molecule has 114 valence electrons. The van der Waals surface area contributed by atoms with Crippen molar-refractivity contribution in [1.82, 2.24) is 5.32 Å². The third-order valence-electron chi connectivity index (χ3n) is 3.06. The van der Waals surface area contributed by atoms with E-state index in [9.17, 15) is 4.79 Å². The van der Waals surface area contributed by atoms with Crippen molar-refractivity contribution in [3.8, 4) is 0 Å². The number of unbranched alkanes of at least 4 members (excludes halogenated alkanes) is 3. The first kappa shape index (κ1) is 18.6. The second-order valence-corrected chi connectivity index (χ2v) is 8.26. The molecule has 0 spiro atoms. The molecule has 0 aromatic rings. The Labute approximate surface area is 119 Å². The van der Waals surface area contributed by atoms with E-state index in [1.54, 1.807) is 0 Å². The monoisotopic (exact) mass is 289 g/mol. The number of carbonyl (C=O) groups is 1. The van der Waals surface area contributed by atoms with Crippen molar-refractivity contribution in [3.63, 3.8) is 0 Å². The molecule has 0 saturated heterocycles. The van der Waals surface area contributed by atoms with Crippen molar-refractivity contribution >= 4 is 14.5 Å². The average molecular weight is 289 g/mol. The smallest absolute Gasteiger partial charge is 0.335 e. The molecule has 0 heterocycles. The highest BCUT2D eigenvalue weighted by atomic mass is 28.4. The molecule has 1 N–H and O–H groups in total. The average Bonchev–Trinajstić information content (AvgIpc) is 2.37. The van der Waals surface area contributed by atoms with E-state index >= 15 is 0 Å². The van der Waals surface area contributed by atoms with Crippen LogP contribution >= 0.6 is 0 Å². The molecule has 5 heteroatoms. The molecule has 0 radical (unpaired) electrons. The lowest BCUT2D eigenvalue weighted by Crippen LogP contribution is -2.40. The molecule has 0 aliphatic rings. The van der Waals surface area contributed by atoms with Crippen LogP contribution in [0.4, 0.5) is 0 Å². The summed E-state index contributed by atoms with van der Waals surface area (Å²) in [6.45, 7) is 10.3. The maximum atomic E-state index is 11.7. The van der Waals surface area contributed by atoms with Gasteiger partial charge in [-0.2, -0.15) is 0 Å². The third-order valence-corrected chi connectivity index (χ3v) is 6.01. The topological polar surface area (TPSA) is 47.6 Å². The van der Waals surface area contributed by atoms with Gasteiger partial charge in [-0.05, 0) is 32.9 Å². The first-order chi connectivity index (χ1) is 9.08. The number of hydrogen-bond acceptors (Lipinski definition) is 3. The minimum atomic E-state index is -2.13. The highest BCUT2D eigenvalue weighted by molar-refractivity contribution is 6.66. The van der Waals surface area contributed by atoms with Gasteiger partial charge in [0.25, 0.3) is 0 Å². The summed E-state index contributed by atoms with van der Waals surface area (Å²) in [6, 6.07) is 0.732. The van der Waals surface area contributed by atoms with Crippen LogP contribution in [0.15, 0.2) is 0 Å². The normalized spacial score (nSPS) is 11.6. The summed E-state index contributed by atoms with van der Waals surface area (Å²) in [4.78, 5) is 11.7. The van der Waals surface area contributed by atoms with E-state index in [-0.39, 0.29) is 5.91 Å². The van der Waals surface area contributed by atoms with Crippen LogP contribution in [-0.2, 0) is 13.6 Å². The standard InChI is InChI=1S/C14H31NO3Si/c1-5-8-9-10-12-15-14(16)11-13-19(4,17-6-2)18-7-3/h5-13H2,1-4H3,(H,15,16). The lowest BCUT2D eigenvalue weighted by atomic mass is 10.2. The van der Waals surface area contributed by atoms with Gasteiger partial charge in [0, 0.05) is 26.2 Å². The summed E-state index contributed by atoms with van der Waals surface area (Å²) < 4.78 is 11.4. The number of nitrogens with one attached hydrogen (secondary N) is 1. The molecule has 1 amide bonds. The third kappa shape index (κ3) is 10.1. The van der Waals surface area contributed by atoms with Crippen LogP contribution in [0.3, 0.4) is 0 Å². The van der Waals surface area contributed by atoms with E-state index in [0.717, 1.165) is 19.0 Å². The molecule has 0 fully saturated rings. The fraction of sp³-hybridized carbons (Fsp3) is 0.929. The van der Waals surface area contributed by atoms with E-state index in [1.807, 2.05) is 20.4 Å². The number of carbonyl (C=O) groups excluding carboxylic acids is 1. The zero-order valence-electron chi connectivity index (χ0n) is 13.1. The summed E-state index contributed by atoms with van der Waals surface area (Å²) in [5.74, 6) is 0.120. The van der Waals surface area contributed by atoms with Gasteiger partial charge >= 0.3 is 8.56 Å². The number of amides is 1. The molecule has 0 unspecified atom stereocenters. The molecule has 0 aromatic heterocycles. The first-order valence-electron chi connectivity index (χ1n) is 7.62. The first-order valence-corrected chi connectivity index (χ1v) is 10.1. The van der Waals surface area contributed by atoms with Gasteiger partial charge in [0.1, 0.15) is 0 Å². The Morgan fingerprint density at radius 3 is 2.21 bits per heavy atom. The number of hydrogen-bond donors (Lipinski definition) is 1. The zero-order chi connectivity index (χ0) is 14.6. The molecule has 0 rings (SSSR count). The van der Waals surface area contributed by atoms with Gasteiger partial charge in [-0.3, -0.25) is 4.79 Å². The SMILES string of the molecule is CCCCCCNC(=O)CC[Si](C)(OCC)OCC. The van der Waals surface area contributed by atoms with Gasteiger partial charge in [-0.15, -0.1) is 0 Å².